The first-order valence-corrected chi connectivity index (χ1v) is 18.2. The quantitative estimate of drug-likeness (QED) is 0.312. The molecule has 1 saturated heterocycles. The van der Waals surface area contributed by atoms with Crippen LogP contribution >= 0.6 is 23.1 Å². The van der Waals surface area contributed by atoms with Crippen molar-refractivity contribution in [3.63, 3.8) is 0 Å². The molecule has 15 heteroatoms. The Morgan fingerprint density at radius 1 is 0.979 bits per heavy atom. The van der Waals surface area contributed by atoms with Gasteiger partial charge in [0.1, 0.15) is 34.9 Å². The van der Waals surface area contributed by atoms with Crippen LogP contribution in [0.4, 0.5) is 0 Å². The molecule has 0 unspecified atom stereocenters. The molecule has 4 bridgehead atoms. The number of aliphatic hydroxyl groups excluding tert-OH is 1. The molecule has 3 aliphatic heterocycles. The molecule has 0 saturated carbocycles. The maximum atomic E-state index is 14.1. The Bertz CT molecular complexity index is 1550. The van der Waals surface area contributed by atoms with E-state index >= 15 is 0 Å². The Morgan fingerprint density at radius 2 is 1.71 bits per heavy atom. The van der Waals surface area contributed by atoms with E-state index in [0.717, 1.165) is 5.56 Å². The van der Waals surface area contributed by atoms with E-state index in [1.165, 1.54) is 34.9 Å². The Hall–Kier alpha value is -3.82. The number of fused-ring (bicyclic) bond motifs is 4. The van der Waals surface area contributed by atoms with Gasteiger partial charge in [-0.15, -0.1) is 23.1 Å². The first-order chi connectivity index (χ1) is 23.0. The molecule has 8 atom stereocenters. The van der Waals surface area contributed by atoms with Crippen LogP contribution in [0.1, 0.15) is 74.1 Å². The van der Waals surface area contributed by atoms with Crippen LogP contribution in [-0.4, -0.2) is 98.2 Å². The van der Waals surface area contributed by atoms with Gasteiger partial charge in [0.05, 0.1) is 23.2 Å². The molecule has 0 aliphatic carbocycles. The van der Waals surface area contributed by atoms with Gasteiger partial charge in [0.15, 0.2) is 0 Å². The minimum atomic E-state index is -1.30. The summed E-state index contributed by atoms with van der Waals surface area (Å²) in [7, 11) is 0. The summed E-state index contributed by atoms with van der Waals surface area (Å²) < 4.78 is 0. The number of thiazole rings is 1. The van der Waals surface area contributed by atoms with Gasteiger partial charge in [-0.05, 0) is 38.2 Å². The summed E-state index contributed by atoms with van der Waals surface area (Å²) in [4.78, 5) is 78.9. The summed E-state index contributed by atoms with van der Waals surface area (Å²) in [6.07, 6.45) is 0.541. The van der Waals surface area contributed by atoms with Gasteiger partial charge >= 0.3 is 0 Å². The lowest BCUT2D eigenvalue weighted by atomic mass is 9.99. The maximum absolute atomic E-state index is 14.1. The lowest BCUT2D eigenvalue weighted by Crippen LogP contribution is -2.60. The van der Waals surface area contributed by atoms with Crippen molar-refractivity contribution in [1.29, 1.82) is 0 Å². The fraction of sp³-hybridized carbons (Fsp3) is 0.545. The molecule has 1 aromatic heterocycles. The minimum absolute atomic E-state index is 0.0591. The standard InChI is InChI=1S/C33H43N7O6S2/c1-5-17(2)25-32-37-22(16-48-32)27(42)34-18(3)31-36-23(15-47-31)28(43)35-21(14-20-10-7-6-8-11-20)33(46)40-13-9-12-24(40)29(44)39-26(19(4)41)30(45)38-25/h6-8,10-11,15,17-19,21-22,24-26,41H,5,9,12-14,16H2,1-4H3,(H,34,42)(H,35,43)(H,38,45)(H,39,44)/t17-,18+,19+,21-,22-,24-,25+,26-/m0/s1. The highest BCUT2D eigenvalue weighted by Crippen LogP contribution is 2.27. The number of carbonyl (C=O) groups excluding carboxylic acids is 5. The SMILES string of the molecule is CC[C@H](C)[C@H]1NC(=O)[C@H]([C@@H](C)O)NC(=O)[C@@H]2CCCN2C(=O)[C@H](Cc2ccccc2)NC(=O)c2csc(n2)[C@@H](C)NC(=O)[C@@H]2CSC1=N2. The number of nitrogens with one attached hydrogen (secondary N) is 4. The highest BCUT2D eigenvalue weighted by atomic mass is 32.2. The number of carbonyl (C=O) groups is 5. The smallest absolute Gasteiger partial charge is 0.271 e. The largest absolute Gasteiger partial charge is 0.391 e. The van der Waals surface area contributed by atoms with E-state index in [1.54, 1.807) is 12.3 Å². The molecule has 3 aliphatic rings. The molecule has 2 aromatic rings. The van der Waals surface area contributed by atoms with Gasteiger partial charge in [-0.25, -0.2) is 4.98 Å². The molecule has 5 rings (SSSR count). The zero-order chi connectivity index (χ0) is 34.5. The predicted molar refractivity (Wildman–Crippen MR) is 183 cm³/mol. The van der Waals surface area contributed by atoms with E-state index in [1.807, 2.05) is 44.2 Å². The van der Waals surface area contributed by atoms with E-state index in [0.29, 0.717) is 35.1 Å². The Kier molecular flexibility index (Phi) is 11.5. The van der Waals surface area contributed by atoms with E-state index in [9.17, 15) is 29.1 Å². The summed E-state index contributed by atoms with van der Waals surface area (Å²) in [5, 5.41) is 24.8. The van der Waals surface area contributed by atoms with Gasteiger partial charge in [-0.2, -0.15) is 0 Å². The van der Waals surface area contributed by atoms with Crippen LogP contribution in [0.15, 0.2) is 40.7 Å². The zero-order valence-corrected chi connectivity index (χ0v) is 29.1. The number of aliphatic imine (C=N–C) groups is 1. The molecule has 1 aromatic carbocycles. The van der Waals surface area contributed by atoms with Crippen LogP contribution < -0.4 is 21.3 Å². The van der Waals surface area contributed by atoms with E-state index < -0.39 is 66.0 Å². The van der Waals surface area contributed by atoms with Crippen molar-refractivity contribution in [2.24, 2.45) is 10.9 Å². The molecule has 13 nitrogen and oxygen atoms in total. The molecular formula is C33H43N7O6S2. The summed E-state index contributed by atoms with van der Waals surface area (Å²) >= 11 is 2.61. The van der Waals surface area contributed by atoms with Crippen LogP contribution in [0.5, 0.6) is 0 Å². The van der Waals surface area contributed by atoms with Crippen molar-refractivity contribution < 1.29 is 29.1 Å². The van der Waals surface area contributed by atoms with Gasteiger partial charge in [-0.3, -0.25) is 29.0 Å². The predicted octanol–water partition coefficient (Wildman–Crippen LogP) is 1.58. The molecule has 5 amide bonds. The van der Waals surface area contributed by atoms with Crippen LogP contribution in [0.3, 0.4) is 0 Å². The molecule has 258 valence electrons. The van der Waals surface area contributed by atoms with Crippen LogP contribution in [0.2, 0.25) is 0 Å². The molecule has 48 heavy (non-hydrogen) atoms. The van der Waals surface area contributed by atoms with Gasteiger partial charge < -0.3 is 31.3 Å². The number of benzene rings is 1. The summed E-state index contributed by atoms with van der Waals surface area (Å²) in [6, 6.07) is 4.28. The van der Waals surface area contributed by atoms with Crippen LogP contribution in [-0.2, 0) is 25.6 Å². The first kappa shape index (κ1) is 35.5. The van der Waals surface area contributed by atoms with Gasteiger partial charge in [0.2, 0.25) is 23.6 Å². The Balaban J connectivity index is 1.50. The lowest BCUT2D eigenvalue weighted by Gasteiger charge is -2.31. The van der Waals surface area contributed by atoms with Crippen LogP contribution in [0, 0.1) is 5.92 Å². The number of aromatic nitrogens is 1. The normalized spacial score (nSPS) is 28.6. The van der Waals surface area contributed by atoms with Crippen molar-refractivity contribution in [3.8, 4) is 0 Å². The van der Waals surface area contributed by atoms with Gasteiger partial charge in [-0.1, -0.05) is 50.6 Å². The molecule has 0 spiro atoms. The fourth-order valence-corrected chi connectivity index (χ4v) is 8.06. The summed E-state index contributed by atoms with van der Waals surface area (Å²) in [6.45, 7) is 7.42. The summed E-state index contributed by atoms with van der Waals surface area (Å²) in [5.74, 6) is -2.14. The van der Waals surface area contributed by atoms with Crippen LogP contribution in [0.25, 0.3) is 0 Å². The number of hydrogen-bond acceptors (Lipinski definition) is 10. The van der Waals surface area contributed by atoms with Crippen molar-refractivity contribution >= 4 is 57.7 Å². The topological polar surface area (TPSA) is 182 Å². The Labute approximate surface area is 288 Å². The number of rotatable bonds is 5. The molecule has 5 N–H and O–H groups in total. The minimum Gasteiger partial charge on any atom is -0.391 e. The highest BCUT2D eigenvalue weighted by molar-refractivity contribution is 8.14. The van der Waals surface area contributed by atoms with Crippen molar-refractivity contribution in [2.45, 2.75) is 95.7 Å². The van der Waals surface area contributed by atoms with E-state index in [4.69, 9.17) is 0 Å². The third-order valence-corrected chi connectivity index (χ3v) is 11.2. The summed E-state index contributed by atoms with van der Waals surface area (Å²) in [5.41, 5.74) is 0.927. The molecule has 0 radical (unpaired) electrons. The van der Waals surface area contributed by atoms with E-state index in [-0.39, 0.29) is 30.5 Å². The fourth-order valence-electron chi connectivity index (χ4n) is 6.03. The second-order valence-corrected chi connectivity index (χ2v) is 14.5. The monoisotopic (exact) mass is 697 g/mol. The maximum Gasteiger partial charge on any atom is 0.271 e. The first-order valence-electron chi connectivity index (χ1n) is 16.4. The number of aliphatic hydroxyl groups is 1. The van der Waals surface area contributed by atoms with Crippen molar-refractivity contribution in [3.05, 3.63) is 52.0 Å². The Morgan fingerprint density at radius 3 is 2.42 bits per heavy atom. The average molecular weight is 698 g/mol. The van der Waals surface area contributed by atoms with Crippen molar-refractivity contribution in [2.75, 3.05) is 12.3 Å². The van der Waals surface area contributed by atoms with Gasteiger partial charge in [0.25, 0.3) is 5.91 Å². The van der Waals surface area contributed by atoms with Crippen molar-refractivity contribution in [1.82, 2.24) is 31.2 Å². The van der Waals surface area contributed by atoms with Gasteiger partial charge in [0, 0.05) is 24.1 Å². The lowest BCUT2D eigenvalue weighted by molar-refractivity contribution is -0.141. The zero-order valence-electron chi connectivity index (χ0n) is 27.5. The third kappa shape index (κ3) is 8.06. The number of nitrogens with zero attached hydrogens (tertiary/aromatic N) is 3. The number of thioether (sulfide) groups is 1. The molecule has 4 heterocycles. The number of hydrogen-bond donors (Lipinski definition) is 5. The highest BCUT2D eigenvalue weighted by Gasteiger charge is 2.41. The van der Waals surface area contributed by atoms with E-state index in [2.05, 4.69) is 31.2 Å². The number of amides is 5. The third-order valence-electron chi connectivity index (χ3n) is 9.02. The average Bonchev–Trinajstić information content (AvgIpc) is 3.86. The molecular weight excluding hydrogens is 655 g/mol. The second-order valence-electron chi connectivity index (χ2n) is 12.6. The second kappa shape index (κ2) is 15.6. The molecule has 1 fully saturated rings.